The first kappa shape index (κ1) is 12.6. The minimum absolute atomic E-state index is 0.114. The first-order valence-electron chi connectivity index (χ1n) is 6.68. The Balaban J connectivity index is 2.18. The summed E-state index contributed by atoms with van der Waals surface area (Å²) in [6.07, 6.45) is 0.850. The highest BCUT2D eigenvalue weighted by Crippen LogP contribution is 2.33. The van der Waals surface area contributed by atoms with Crippen molar-refractivity contribution >= 4 is 11.6 Å². The summed E-state index contributed by atoms with van der Waals surface area (Å²) in [5.41, 5.74) is 1.75. The maximum atomic E-state index is 12.6. The Bertz CT molecular complexity index is 701. The average molecular weight is 266 g/mol. The van der Waals surface area contributed by atoms with Crippen LogP contribution < -0.4 is 4.74 Å². The molecule has 3 rings (SSSR count). The van der Waals surface area contributed by atoms with E-state index in [1.165, 1.54) is 0 Å². The molecular weight excluding hydrogens is 252 g/mol. The molecule has 0 N–H and O–H groups in total. The van der Waals surface area contributed by atoms with Gasteiger partial charge in [-0.25, -0.2) is 0 Å². The van der Waals surface area contributed by atoms with E-state index in [4.69, 9.17) is 4.74 Å². The molecule has 0 bridgehead atoms. The monoisotopic (exact) mass is 266 g/mol. The Labute approximate surface area is 117 Å². The van der Waals surface area contributed by atoms with Crippen LogP contribution in [0.1, 0.15) is 45.2 Å². The Morgan fingerprint density at radius 3 is 2.20 bits per heavy atom. The summed E-state index contributed by atoms with van der Waals surface area (Å²) >= 11 is 0. The predicted molar refractivity (Wildman–Crippen MR) is 75.5 cm³/mol. The van der Waals surface area contributed by atoms with Crippen LogP contribution in [0.4, 0.5) is 0 Å². The molecule has 1 aliphatic rings. The molecule has 1 aliphatic carbocycles. The van der Waals surface area contributed by atoms with Crippen LogP contribution in [0.3, 0.4) is 0 Å². The van der Waals surface area contributed by atoms with Crippen LogP contribution in [0.15, 0.2) is 42.5 Å². The molecule has 2 aromatic rings. The summed E-state index contributed by atoms with van der Waals surface area (Å²) in [5.74, 6) is 0.247. The van der Waals surface area contributed by atoms with Gasteiger partial charge in [0.25, 0.3) is 0 Å². The molecule has 0 aromatic heterocycles. The van der Waals surface area contributed by atoms with Gasteiger partial charge in [0.05, 0.1) is 12.2 Å². The molecule has 0 fully saturated rings. The van der Waals surface area contributed by atoms with Crippen molar-refractivity contribution in [3.63, 3.8) is 0 Å². The molecule has 3 heteroatoms. The van der Waals surface area contributed by atoms with Crippen molar-refractivity contribution in [2.24, 2.45) is 0 Å². The fourth-order valence-corrected chi connectivity index (χ4v) is 2.45. The van der Waals surface area contributed by atoms with Gasteiger partial charge in [-0.1, -0.05) is 43.3 Å². The number of ketones is 2. The zero-order valence-corrected chi connectivity index (χ0v) is 11.2. The van der Waals surface area contributed by atoms with E-state index in [9.17, 15) is 9.59 Å². The van der Waals surface area contributed by atoms with Gasteiger partial charge in [-0.3, -0.25) is 9.59 Å². The van der Waals surface area contributed by atoms with Crippen molar-refractivity contribution in [3.05, 3.63) is 64.7 Å². The number of ether oxygens (including phenoxy) is 1. The van der Waals surface area contributed by atoms with Gasteiger partial charge in [-0.15, -0.1) is 0 Å². The molecule has 0 spiro atoms. The van der Waals surface area contributed by atoms with Gasteiger partial charge in [0.15, 0.2) is 11.6 Å². The molecule has 0 saturated heterocycles. The third-order valence-electron chi connectivity index (χ3n) is 3.38. The fourth-order valence-electron chi connectivity index (χ4n) is 2.45. The maximum absolute atomic E-state index is 12.6. The highest BCUT2D eigenvalue weighted by molar-refractivity contribution is 6.29. The topological polar surface area (TPSA) is 43.4 Å². The lowest BCUT2D eigenvalue weighted by molar-refractivity contribution is 0.0975. The van der Waals surface area contributed by atoms with E-state index in [-0.39, 0.29) is 11.6 Å². The third kappa shape index (κ3) is 1.83. The first-order valence-corrected chi connectivity index (χ1v) is 6.68. The molecule has 0 unspecified atom stereocenters. The van der Waals surface area contributed by atoms with E-state index in [0.717, 1.165) is 6.42 Å². The number of fused-ring (bicyclic) bond motifs is 2. The second-order valence-electron chi connectivity index (χ2n) is 4.73. The van der Waals surface area contributed by atoms with Crippen LogP contribution in [0.5, 0.6) is 5.75 Å². The van der Waals surface area contributed by atoms with Crippen LogP contribution in [-0.4, -0.2) is 18.2 Å². The second-order valence-corrected chi connectivity index (χ2v) is 4.73. The summed E-state index contributed by atoms with van der Waals surface area (Å²) in [7, 11) is 0. The Morgan fingerprint density at radius 2 is 1.50 bits per heavy atom. The number of benzene rings is 2. The van der Waals surface area contributed by atoms with Gasteiger partial charge in [0, 0.05) is 16.7 Å². The lowest BCUT2D eigenvalue weighted by Crippen LogP contribution is -2.21. The number of hydrogen-bond donors (Lipinski definition) is 0. The van der Waals surface area contributed by atoms with E-state index < -0.39 is 0 Å². The standard InChI is InChI=1S/C17H14O3/c1-2-10-20-14-9-5-8-13-15(14)17(19)12-7-4-3-6-11(12)16(13)18/h3-9H,2,10H2,1H3. The minimum Gasteiger partial charge on any atom is -0.493 e. The summed E-state index contributed by atoms with van der Waals surface area (Å²) < 4.78 is 5.61. The quantitative estimate of drug-likeness (QED) is 0.731. The van der Waals surface area contributed by atoms with Crippen molar-refractivity contribution in [2.75, 3.05) is 6.61 Å². The van der Waals surface area contributed by atoms with Gasteiger partial charge in [-0.05, 0) is 12.5 Å². The zero-order chi connectivity index (χ0) is 14.1. The number of hydrogen-bond acceptors (Lipinski definition) is 3. The molecule has 0 saturated carbocycles. The first-order chi connectivity index (χ1) is 9.74. The molecule has 0 atom stereocenters. The average Bonchev–Trinajstić information content (AvgIpc) is 2.50. The smallest absolute Gasteiger partial charge is 0.198 e. The second kappa shape index (κ2) is 4.93. The molecule has 20 heavy (non-hydrogen) atoms. The summed E-state index contributed by atoms with van der Waals surface area (Å²) in [4.78, 5) is 25.1. The lowest BCUT2D eigenvalue weighted by Gasteiger charge is -2.19. The number of carbonyl (C=O) groups excluding carboxylic acids is 2. The van der Waals surface area contributed by atoms with Crippen LogP contribution in [-0.2, 0) is 0 Å². The van der Waals surface area contributed by atoms with Crippen LogP contribution in [0, 0.1) is 0 Å². The summed E-state index contributed by atoms with van der Waals surface area (Å²) in [6, 6.07) is 12.1. The minimum atomic E-state index is -0.137. The van der Waals surface area contributed by atoms with Gasteiger partial charge in [-0.2, -0.15) is 0 Å². The van der Waals surface area contributed by atoms with Crippen molar-refractivity contribution < 1.29 is 14.3 Å². The van der Waals surface area contributed by atoms with Crippen molar-refractivity contribution in [1.82, 2.24) is 0 Å². The molecule has 0 radical (unpaired) electrons. The maximum Gasteiger partial charge on any atom is 0.198 e. The largest absolute Gasteiger partial charge is 0.493 e. The normalized spacial score (nSPS) is 12.8. The molecule has 3 nitrogen and oxygen atoms in total. The van der Waals surface area contributed by atoms with Crippen molar-refractivity contribution in [1.29, 1.82) is 0 Å². The third-order valence-corrected chi connectivity index (χ3v) is 3.38. The van der Waals surface area contributed by atoms with Gasteiger partial charge >= 0.3 is 0 Å². The van der Waals surface area contributed by atoms with E-state index >= 15 is 0 Å². The van der Waals surface area contributed by atoms with Gasteiger partial charge in [0.1, 0.15) is 5.75 Å². The summed E-state index contributed by atoms with van der Waals surface area (Å²) in [6.45, 7) is 2.53. The molecular formula is C17H14O3. The zero-order valence-electron chi connectivity index (χ0n) is 11.2. The SMILES string of the molecule is CCCOc1cccc2c1C(=O)c1ccccc1C2=O. The van der Waals surface area contributed by atoms with E-state index in [2.05, 4.69) is 0 Å². The number of rotatable bonds is 3. The number of carbonyl (C=O) groups is 2. The molecule has 0 amide bonds. The van der Waals surface area contributed by atoms with Crippen LogP contribution in [0.25, 0.3) is 0 Å². The lowest BCUT2D eigenvalue weighted by atomic mass is 9.83. The predicted octanol–water partition coefficient (Wildman–Crippen LogP) is 3.25. The summed E-state index contributed by atoms with van der Waals surface area (Å²) in [5, 5.41) is 0. The fraction of sp³-hybridized carbons (Fsp3) is 0.176. The van der Waals surface area contributed by atoms with E-state index in [1.807, 2.05) is 6.92 Å². The Morgan fingerprint density at radius 1 is 0.850 bits per heavy atom. The molecule has 100 valence electrons. The van der Waals surface area contributed by atoms with E-state index in [0.29, 0.717) is 34.6 Å². The highest BCUT2D eigenvalue weighted by atomic mass is 16.5. The van der Waals surface area contributed by atoms with Gasteiger partial charge < -0.3 is 4.74 Å². The van der Waals surface area contributed by atoms with Crippen molar-refractivity contribution in [2.45, 2.75) is 13.3 Å². The van der Waals surface area contributed by atoms with Gasteiger partial charge in [0.2, 0.25) is 0 Å². The molecule has 2 aromatic carbocycles. The van der Waals surface area contributed by atoms with Crippen molar-refractivity contribution in [3.8, 4) is 5.75 Å². The Kier molecular flexibility index (Phi) is 3.11. The van der Waals surface area contributed by atoms with E-state index in [1.54, 1.807) is 42.5 Å². The molecule has 0 aliphatic heterocycles. The Hall–Kier alpha value is -2.42. The van der Waals surface area contributed by atoms with Crippen LogP contribution >= 0.6 is 0 Å². The molecule has 0 heterocycles. The van der Waals surface area contributed by atoms with Crippen LogP contribution in [0.2, 0.25) is 0 Å². The highest BCUT2D eigenvalue weighted by Gasteiger charge is 2.31.